The van der Waals surface area contributed by atoms with E-state index in [9.17, 15) is 19.7 Å². The van der Waals surface area contributed by atoms with Gasteiger partial charge in [0.1, 0.15) is 6.61 Å². The summed E-state index contributed by atoms with van der Waals surface area (Å²) in [5.41, 5.74) is 1.92. The van der Waals surface area contributed by atoms with Crippen LogP contribution in [0.5, 0.6) is 23.0 Å². The van der Waals surface area contributed by atoms with Gasteiger partial charge < -0.3 is 23.7 Å². The first-order chi connectivity index (χ1) is 22.7. The number of aromatic nitrogens is 1. The standard InChI is InChI=1S/C33H30IN3O9S/c1-5-44-25-12-9-21(16-26(25)45-6-2)29-23(32(39)43-4)17-35-33-36(29)31(38)28(47-33)15-20-13-24(34)30(27(14-20)42-3)46-18-19-7-10-22(11-8-19)37(40)41/h7-17,29H,5-6,18H2,1-4H3/b28-15-/t29-/m0/s1. The second kappa shape index (κ2) is 14.8. The summed E-state index contributed by atoms with van der Waals surface area (Å²) in [6.45, 7) is 4.74. The number of non-ortho nitro benzene ring substituents is 1. The molecular formula is C33H30IN3O9S. The van der Waals surface area contributed by atoms with Crippen LogP contribution in [0.4, 0.5) is 5.69 Å². The molecule has 0 fully saturated rings. The number of benzene rings is 3. The van der Waals surface area contributed by atoms with Crippen molar-refractivity contribution in [1.29, 1.82) is 0 Å². The van der Waals surface area contributed by atoms with Gasteiger partial charge in [0.2, 0.25) is 0 Å². The molecule has 1 aromatic heterocycles. The molecular weight excluding hydrogens is 741 g/mol. The first kappa shape index (κ1) is 33.7. The minimum atomic E-state index is -0.819. The zero-order valence-corrected chi connectivity index (χ0v) is 28.8. The molecule has 0 unspecified atom stereocenters. The van der Waals surface area contributed by atoms with E-state index in [1.54, 1.807) is 42.5 Å². The molecule has 1 aliphatic heterocycles. The Morgan fingerprint density at radius 3 is 2.40 bits per heavy atom. The van der Waals surface area contributed by atoms with Gasteiger partial charge in [0.05, 0.1) is 52.1 Å². The predicted molar refractivity (Wildman–Crippen MR) is 183 cm³/mol. The van der Waals surface area contributed by atoms with Gasteiger partial charge in [-0.15, -0.1) is 0 Å². The number of halogens is 1. The lowest BCUT2D eigenvalue weighted by molar-refractivity contribution is -0.384. The van der Waals surface area contributed by atoms with Gasteiger partial charge in [0.25, 0.3) is 11.2 Å². The number of hydrogen-bond donors (Lipinski definition) is 0. The van der Waals surface area contributed by atoms with Crippen LogP contribution < -0.4 is 33.8 Å². The summed E-state index contributed by atoms with van der Waals surface area (Å²) in [5, 5.41) is 11.0. The third-order valence-corrected chi connectivity index (χ3v) is 8.89. The number of fused-ring (bicyclic) bond motifs is 1. The molecule has 1 aliphatic rings. The zero-order valence-electron chi connectivity index (χ0n) is 25.9. The molecule has 244 valence electrons. The molecule has 12 nitrogen and oxygen atoms in total. The summed E-state index contributed by atoms with van der Waals surface area (Å²) >= 11 is 3.32. The van der Waals surface area contributed by atoms with Crippen LogP contribution in [0.1, 0.15) is 36.6 Å². The molecule has 14 heteroatoms. The van der Waals surface area contributed by atoms with E-state index in [2.05, 4.69) is 27.6 Å². The molecule has 0 N–H and O–H groups in total. The topological polar surface area (TPSA) is 141 Å². The van der Waals surface area contributed by atoms with E-state index in [0.717, 1.165) is 9.13 Å². The van der Waals surface area contributed by atoms with Crippen LogP contribution in [-0.4, -0.2) is 42.9 Å². The molecule has 1 atom stereocenters. The molecule has 0 spiro atoms. The third-order valence-electron chi connectivity index (χ3n) is 7.09. The number of carbonyl (C=O) groups excluding carboxylic acids is 1. The van der Waals surface area contributed by atoms with E-state index in [-0.39, 0.29) is 23.4 Å². The Hall–Kier alpha value is -4.70. The Kier molecular flexibility index (Phi) is 10.6. The molecule has 5 rings (SSSR count). The lowest BCUT2D eigenvalue weighted by Crippen LogP contribution is -2.39. The molecule has 0 aliphatic carbocycles. The lowest BCUT2D eigenvalue weighted by atomic mass is 9.97. The molecule has 4 aromatic rings. The third kappa shape index (κ3) is 7.17. The van der Waals surface area contributed by atoms with Gasteiger partial charge in [-0.2, -0.15) is 0 Å². The average molecular weight is 772 g/mol. The predicted octanol–water partition coefficient (Wildman–Crippen LogP) is 4.92. The SMILES string of the molecule is CCOc1ccc([C@H]2C(C(=O)OC)=CN=c3s/c(=C\c4cc(I)c(OCc5ccc([N+](=O)[O-])cc5)c(OC)c4)c(=O)n32)cc1OCC. The van der Waals surface area contributed by atoms with E-state index in [1.165, 1.54) is 48.5 Å². The number of carbonyl (C=O) groups is 1. The first-order valence-corrected chi connectivity index (χ1v) is 16.3. The molecule has 2 heterocycles. The van der Waals surface area contributed by atoms with E-state index < -0.39 is 16.9 Å². The van der Waals surface area contributed by atoms with Gasteiger partial charge >= 0.3 is 5.97 Å². The number of nitro groups is 1. The fraction of sp³-hybridized carbons (Fsp3) is 0.242. The molecule has 3 aromatic carbocycles. The Balaban J connectivity index is 1.53. The summed E-state index contributed by atoms with van der Waals surface area (Å²) in [6, 6.07) is 14.2. The van der Waals surface area contributed by atoms with Crippen LogP contribution in [0.15, 0.2) is 76.2 Å². The molecule has 0 amide bonds. The van der Waals surface area contributed by atoms with Crippen molar-refractivity contribution >= 4 is 51.7 Å². The summed E-state index contributed by atoms with van der Waals surface area (Å²) in [7, 11) is 2.80. The summed E-state index contributed by atoms with van der Waals surface area (Å²) in [6.07, 6.45) is 3.17. The van der Waals surface area contributed by atoms with Crippen molar-refractivity contribution in [1.82, 2.24) is 4.57 Å². The van der Waals surface area contributed by atoms with Crippen molar-refractivity contribution in [2.75, 3.05) is 27.4 Å². The minimum Gasteiger partial charge on any atom is -0.493 e. The van der Waals surface area contributed by atoms with Crippen LogP contribution in [0.3, 0.4) is 0 Å². The van der Waals surface area contributed by atoms with E-state index in [0.29, 0.717) is 56.7 Å². The van der Waals surface area contributed by atoms with Crippen molar-refractivity contribution in [2.24, 2.45) is 4.99 Å². The largest absolute Gasteiger partial charge is 0.493 e. The van der Waals surface area contributed by atoms with E-state index in [1.807, 2.05) is 19.9 Å². The highest BCUT2D eigenvalue weighted by molar-refractivity contribution is 14.1. The smallest absolute Gasteiger partial charge is 0.337 e. The zero-order chi connectivity index (χ0) is 33.7. The van der Waals surface area contributed by atoms with Gasteiger partial charge in [-0.1, -0.05) is 17.4 Å². The number of methoxy groups -OCH3 is 2. The second-order valence-corrected chi connectivity index (χ2v) is 12.2. The van der Waals surface area contributed by atoms with Crippen molar-refractivity contribution in [3.63, 3.8) is 0 Å². The Morgan fingerprint density at radius 2 is 1.74 bits per heavy atom. The highest BCUT2D eigenvalue weighted by Crippen LogP contribution is 2.36. The Morgan fingerprint density at radius 1 is 1.02 bits per heavy atom. The average Bonchev–Trinajstić information content (AvgIpc) is 3.38. The second-order valence-electron chi connectivity index (χ2n) is 9.99. The Bertz CT molecular complexity index is 2040. The van der Waals surface area contributed by atoms with Gasteiger partial charge in [-0.05, 0) is 95.6 Å². The Labute approximate surface area is 286 Å². The maximum absolute atomic E-state index is 14.0. The van der Waals surface area contributed by atoms with Gasteiger partial charge in [-0.25, -0.2) is 9.79 Å². The number of nitrogens with zero attached hydrogens (tertiary/aromatic N) is 3. The van der Waals surface area contributed by atoms with Crippen LogP contribution in [0, 0.1) is 13.7 Å². The van der Waals surface area contributed by atoms with Crippen molar-refractivity contribution in [2.45, 2.75) is 26.5 Å². The normalized spacial score (nSPS) is 14.0. The van der Waals surface area contributed by atoms with Crippen LogP contribution in [-0.2, 0) is 16.1 Å². The van der Waals surface area contributed by atoms with Crippen molar-refractivity contribution in [3.05, 3.63) is 116 Å². The summed E-state index contributed by atoms with van der Waals surface area (Å²) in [4.78, 5) is 42.3. The maximum Gasteiger partial charge on any atom is 0.337 e. The number of hydrogen-bond acceptors (Lipinski definition) is 11. The van der Waals surface area contributed by atoms with Crippen LogP contribution >= 0.6 is 33.9 Å². The number of nitro benzene ring substituents is 1. The molecule has 0 bridgehead atoms. The van der Waals surface area contributed by atoms with Gasteiger partial charge in [-0.3, -0.25) is 19.5 Å². The number of ether oxygens (including phenoxy) is 5. The maximum atomic E-state index is 14.0. The number of thiazole rings is 1. The minimum absolute atomic E-state index is 0.00174. The molecule has 0 saturated heterocycles. The molecule has 0 saturated carbocycles. The highest BCUT2D eigenvalue weighted by Gasteiger charge is 2.31. The van der Waals surface area contributed by atoms with Crippen LogP contribution in [0.2, 0.25) is 0 Å². The van der Waals surface area contributed by atoms with Gasteiger partial charge in [0.15, 0.2) is 27.8 Å². The van der Waals surface area contributed by atoms with E-state index >= 15 is 0 Å². The summed E-state index contributed by atoms with van der Waals surface area (Å²) < 4.78 is 30.8. The monoisotopic (exact) mass is 771 g/mol. The highest BCUT2D eigenvalue weighted by atomic mass is 127. The molecule has 0 radical (unpaired) electrons. The first-order valence-electron chi connectivity index (χ1n) is 14.4. The van der Waals surface area contributed by atoms with E-state index in [4.69, 9.17) is 23.7 Å². The van der Waals surface area contributed by atoms with Crippen molar-refractivity contribution in [3.8, 4) is 23.0 Å². The van der Waals surface area contributed by atoms with Crippen LogP contribution in [0.25, 0.3) is 6.08 Å². The molecule has 47 heavy (non-hydrogen) atoms. The quantitative estimate of drug-likeness (QED) is 0.0851. The lowest BCUT2D eigenvalue weighted by Gasteiger charge is -2.23. The summed E-state index contributed by atoms with van der Waals surface area (Å²) in [5.74, 6) is 1.38. The van der Waals surface area contributed by atoms with Crippen molar-refractivity contribution < 1.29 is 33.4 Å². The number of esters is 1. The fourth-order valence-electron chi connectivity index (χ4n) is 4.97. The fourth-order valence-corrected chi connectivity index (χ4v) is 6.72. The van der Waals surface area contributed by atoms with Gasteiger partial charge in [0, 0.05) is 18.3 Å². The number of rotatable bonds is 12.